The van der Waals surface area contributed by atoms with Crippen LogP contribution in [0.15, 0.2) is 48.5 Å². The zero-order valence-corrected chi connectivity index (χ0v) is 12.8. The number of hydrogen-bond donors (Lipinski definition) is 1. The van der Waals surface area contributed by atoms with E-state index in [1.807, 2.05) is 0 Å². The number of nitrogens with zero attached hydrogens (tertiary/aromatic N) is 1. The average molecular weight is 280 g/mol. The first-order valence-electron chi connectivity index (χ1n) is 8.01. The molecule has 0 aromatic heterocycles. The van der Waals surface area contributed by atoms with Gasteiger partial charge in [-0.15, -0.1) is 0 Å². The molecule has 0 amide bonds. The van der Waals surface area contributed by atoms with Gasteiger partial charge in [-0.1, -0.05) is 43.3 Å². The van der Waals surface area contributed by atoms with Crippen molar-refractivity contribution in [2.24, 2.45) is 5.73 Å². The highest BCUT2D eigenvalue weighted by Crippen LogP contribution is 2.36. The molecule has 3 rings (SSSR count). The van der Waals surface area contributed by atoms with Gasteiger partial charge in [-0.25, -0.2) is 0 Å². The molecule has 110 valence electrons. The van der Waals surface area contributed by atoms with Crippen molar-refractivity contribution < 1.29 is 0 Å². The highest BCUT2D eigenvalue weighted by atomic mass is 15.1. The molecule has 0 saturated carbocycles. The van der Waals surface area contributed by atoms with Gasteiger partial charge in [0, 0.05) is 24.0 Å². The van der Waals surface area contributed by atoms with Crippen molar-refractivity contribution in [2.75, 3.05) is 11.4 Å². The van der Waals surface area contributed by atoms with Crippen LogP contribution in [-0.4, -0.2) is 6.54 Å². The Hall–Kier alpha value is -1.80. The van der Waals surface area contributed by atoms with E-state index in [0.29, 0.717) is 0 Å². The summed E-state index contributed by atoms with van der Waals surface area (Å²) in [6.45, 7) is 3.22. The predicted molar refractivity (Wildman–Crippen MR) is 90.0 cm³/mol. The zero-order valence-electron chi connectivity index (χ0n) is 12.8. The van der Waals surface area contributed by atoms with Crippen LogP contribution in [-0.2, 0) is 6.42 Å². The van der Waals surface area contributed by atoms with E-state index in [0.717, 1.165) is 13.0 Å². The Balaban J connectivity index is 2.08. The third kappa shape index (κ3) is 2.81. The van der Waals surface area contributed by atoms with Crippen LogP contribution >= 0.6 is 0 Å². The van der Waals surface area contributed by atoms with Crippen LogP contribution in [0.25, 0.3) is 0 Å². The SMILES string of the molecule is CC[C@@H](N)c1ccccc1N1CCCCc2ccccc21. The van der Waals surface area contributed by atoms with Crippen molar-refractivity contribution in [3.05, 3.63) is 59.7 Å². The van der Waals surface area contributed by atoms with E-state index in [1.54, 1.807) is 0 Å². The largest absolute Gasteiger partial charge is 0.341 e. The summed E-state index contributed by atoms with van der Waals surface area (Å²) in [5.41, 5.74) is 11.7. The number of anilines is 2. The maximum absolute atomic E-state index is 6.33. The Morgan fingerprint density at radius 2 is 1.71 bits per heavy atom. The number of nitrogens with two attached hydrogens (primary N) is 1. The van der Waals surface area contributed by atoms with Gasteiger partial charge in [0.05, 0.1) is 0 Å². The highest BCUT2D eigenvalue weighted by molar-refractivity contribution is 5.70. The number of rotatable bonds is 3. The van der Waals surface area contributed by atoms with Crippen molar-refractivity contribution in [3.63, 3.8) is 0 Å². The Morgan fingerprint density at radius 3 is 2.52 bits per heavy atom. The van der Waals surface area contributed by atoms with Crippen LogP contribution in [0.2, 0.25) is 0 Å². The second-order valence-electron chi connectivity index (χ2n) is 5.81. The lowest BCUT2D eigenvalue weighted by Crippen LogP contribution is -2.21. The van der Waals surface area contributed by atoms with Gasteiger partial charge in [0.15, 0.2) is 0 Å². The van der Waals surface area contributed by atoms with E-state index < -0.39 is 0 Å². The number of benzene rings is 2. The van der Waals surface area contributed by atoms with Gasteiger partial charge in [-0.05, 0) is 48.9 Å². The summed E-state index contributed by atoms with van der Waals surface area (Å²) in [4.78, 5) is 2.47. The minimum absolute atomic E-state index is 0.108. The van der Waals surface area contributed by atoms with Crippen LogP contribution in [0.1, 0.15) is 43.4 Å². The lowest BCUT2D eigenvalue weighted by Gasteiger charge is -2.29. The normalized spacial score (nSPS) is 16.2. The minimum Gasteiger partial charge on any atom is -0.341 e. The van der Waals surface area contributed by atoms with Gasteiger partial charge < -0.3 is 10.6 Å². The molecule has 0 spiro atoms. The van der Waals surface area contributed by atoms with Crippen molar-refractivity contribution in [1.82, 2.24) is 0 Å². The maximum Gasteiger partial charge on any atom is 0.0459 e. The molecular weight excluding hydrogens is 256 g/mol. The van der Waals surface area contributed by atoms with Gasteiger partial charge in [-0.2, -0.15) is 0 Å². The molecule has 1 aliphatic rings. The topological polar surface area (TPSA) is 29.3 Å². The van der Waals surface area contributed by atoms with E-state index in [1.165, 1.54) is 41.8 Å². The molecule has 1 heterocycles. The lowest BCUT2D eigenvalue weighted by atomic mass is 10.0. The Kier molecular flexibility index (Phi) is 4.26. The fourth-order valence-corrected chi connectivity index (χ4v) is 3.21. The predicted octanol–water partition coefficient (Wildman–Crippen LogP) is 4.57. The standard InChI is InChI=1S/C19H24N2/c1-2-17(20)16-11-4-6-13-19(16)21-14-8-7-10-15-9-3-5-12-18(15)21/h3-6,9,11-13,17H,2,7-8,10,14,20H2,1H3/t17-/m1/s1. The first-order valence-corrected chi connectivity index (χ1v) is 8.01. The summed E-state index contributed by atoms with van der Waals surface area (Å²) in [5, 5.41) is 0. The van der Waals surface area contributed by atoms with Crippen molar-refractivity contribution in [2.45, 2.75) is 38.6 Å². The quantitative estimate of drug-likeness (QED) is 0.892. The molecular formula is C19H24N2. The molecule has 2 N–H and O–H groups in total. The Morgan fingerprint density at radius 1 is 1.00 bits per heavy atom. The molecule has 2 aromatic carbocycles. The van der Waals surface area contributed by atoms with E-state index in [-0.39, 0.29) is 6.04 Å². The van der Waals surface area contributed by atoms with Crippen LogP contribution < -0.4 is 10.6 Å². The number of para-hydroxylation sites is 2. The molecule has 2 heteroatoms. The van der Waals surface area contributed by atoms with Crippen LogP contribution in [0.4, 0.5) is 11.4 Å². The molecule has 21 heavy (non-hydrogen) atoms. The first kappa shape index (κ1) is 14.2. The van der Waals surface area contributed by atoms with E-state index >= 15 is 0 Å². The molecule has 1 atom stereocenters. The van der Waals surface area contributed by atoms with Gasteiger partial charge in [-0.3, -0.25) is 0 Å². The molecule has 1 aliphatic heterocycles. The third-order valence-corrected chi connectivity index (χ3v) is 4.43. The average Bonchev–Trinajstić information content (AvgIpc) is 2.76. The second-order valence-corrected chi connectivity index (χ2v) is 5.81. The lowest BCUT2D eigenvalue weighted by molar-refractivity contribution is 0.693. The van der Waals surface area contributed by atoms with Crippen LogP contribution in [0.3, 0.4) is 0 Å². The summed E-state index contributed by atoms with van der Waals surface area (Å²) in [7, 11) is 0. The summed E-state index contributed by atoms with van der Waals surface area (Å²) in [6.07, 6.45) is 4.63. The molecule has 0 aliphatic carbocycles. The van der Waals surface area contributed by atoms with Crippen molar-refractivity contribution in [1.29, 1.82) is 0 Å². The fraction of sp³-hybridized carbons (Fsp3) is 0.368. The highest BCUT2D eigenvalue weighted by Gasteiger charge is 2.20. The van der Waals surface area contributed by atoms with Gasteiger partial charge in [0.2, 0.25) is 0 Å². The van der Waals surface area contributed by atoms with Gasteiger partial charge >= 0.3 is 0 Å². The van der Waals surface area contributed by atoms with E-state index in [4.69, 9.17) is 5.73 Å². The smallest absolute Gasteiger partial charge is 0.0459 e. The summed E-state index contributed by atoms with van der Waals surface area (Å²) >= 11 is 0. The maximum atomic E-state index is 6.33. The Bertz CT molecular complexity index is 606. The molecule has 0 radical (unpaired) electrons. The number of hydrogen-bond acceptors (Lipinski definition) is 2. The van der Waals surface area contributed by atoms with Crippen molar-refractivity contribution in [3.8, 4) is 0 Å². The van der Waals surface area contributed by atoms with E-state index in [2.05, 4.69) is 60.4 Å². The first-order chi connectivity index (χ1) is 10.3. The zero-order chi connectivity index (χ0) is 14.7. The molecule has 0 fully saturated rings. The number of fused-ring (bicyclic) bond motifs is 1. The van der Waals surface area contributed by atoms with Crippen LogP contribution in [0.5, 0.6) is 0 Å². The van der Waals surface area contributed by atoms with E-state index in [9.17, 15) is 0 Å². The summed E-state index contributed by atoms with van der Waals surface area (Å²) in [5.74, 6) is 0. The van der Waals surface area contributed by atoms with Gasteiger partial charge in [0.1, 0.15) is 0 Å². The third-order valence-electron chi connectivity index (χ3n) is 4.43. The molecule has 2 aromatic rings. The second kappa shape index (κ2) is 6.31. The van der Waals surface area contributed by atoms with Gasteiger partial charge in [0.25, 0.3) is 0 Å². The monoisotopic (exact) mass is 280 g/mol. The fourth-order valence-electron chi connectivity index (χ4n) is 3.21. The molecule has 0 bridgehead atoms. The summed E-state index contributed by atoms with van der Waals surface area (Å²) in [6, 6.07) is 17.5. The number of aryl methyl sites for hydroxylation is 1. The Labute approximate surface area is 127 Å². The van der Waals surface area contributed by atoms with Crippen LogP contribution in [0, 0.1) is 0 Å². The van der Waals surface area contributed by atoms with Crippen molar-refractivity contribution >= 4 is 11.4 Å². The molecule has 0 unspecified atom stereocenters. The molecule has 0 saturated heterocycles. The minimum atomic E-state index is 0.108. The molecule has 2 nitrogen and oxygen atoms in total. The summed E-state index contributed by atoms with van der Waals surface area (Å²) < 4.78 is 0.